The van der Waals surface area contributed by atoms with E-state index in [0.717, 1.165) is 0 Å². The molecule has 1 nitrogen and oxygen atoms in total. The van der Waals surface area contributed by atoms with Crippen molar-refractivity contribution in [2.75, 3.05) is 19.6 Å². The van der Waals surface area contributed by atoms with E-state index in [0.29, 0.717) is 10.8 Å². The summed E-state index contributed by atoms with van der Waals surface area (Å²) in [5.41, 5.74) is 0.978. The highest BCUT2D eigenvalue weighted by molar-refractivity contribution is 4.96. The van der Waals surface area contributed by atoms with Crippen molar-refractivity contribution in [2.45, 2.75) is 34.6 Å². The standard InChI is InChI=1S/C10H21N/c1-6-11-7-9(2,3)10(4,5)8-11/h6-8H2,1-5H3. The Kier molecular flexibility index (Phi) is 2.04. The Balaban J connectivity index is 2.72. The van der Waals surface area contributed by atoms with Gasteiger partial charge in [-0.1, -0.05) is 34.6 Å². The lowest BCUT2D eigenvalue weighted by atomic mass is 9.71. The predicted octanol–water partition coefficient (Wildman–Crippen LogP) is 2.37. The van der Waals surface area contributed by atoms with Gasteiger partial charge in [-0.3, -0.25) is 0 Å². The van der Waals surface area contributed by atoms with Crippen molar-refractivity contribution in [1.29, 1.82) is 0 Å². The van der Waals surface area contributed by atoms with E-state index < -0.39 is 0 Å². The normalized spacial score (nSPS) is 29.2. The van der Waals surface area contributed by atoms with E-state index in [4.69, 9.17) is 0 Å². The number of hydrogen-bond donors (Lipinski definition) is 0. The van der Waals surface area contributed by atoms with Crippen molar-refractivity contribution in [3.05, 3.63) is 0 Å². The maximum atomic E-state index is 2.54. The third-order valence-corrected chi connectivity index (χ3v) is 3.52. The molecular weight excluding hydrogens is 134 g/mol. The zero-order chi connectivity index (χ0) is 8.70. The smallest absolute Gasteiger partial charge is 0.00384 e. The van der Waals surface area contributed by atoms with Crippen LogP contribution in [0.4, 0.5) is 0 Å². The monoisotopic (exact) mass is 155 g/mol. The molecule has 1 aliphatic heterocycles. The first-order valence-corrected chi connectivity index (χ1v) is 4.61. The van der Waals surface area contributed by atoms with Gasteiger partial charge in [0.2, 0.25) is 0 Å². The molecule has 0 aromatic heterocycles. The molecule has 0 aromatic rings. The Hall–Kier alpha value is -0.0400. The highest BCUT2D eigenvalue weighted by Crippen LogP contribution is 2.44. The molecule has 0 amide bonds. The summed E-state index contributed by atoms with van der Waals surface area (Å²) in [6, 6.07) is 0. The summed E-state index contributed by atoms with van der Waals surface area (Å²) >= 11 is 0. The Labute approximate surface area is 70.8 Å². The van der Waals surface area contributed by atoms with Gasteiger partial charge in [-0.05, 0) is 17.4 Å². The fraction of sp³-hybridized carbons (Fsp3) is 1.00. The van der Waals surface area contributed by atoms with Gasteiger partial charge < -0.3 is 4.90 Å². The summed E-state index contributed by atoms with van der Waals surface area (Å²) in [6.07, 6.45) is 0. The van der Waals surface area contributed by atoms with Crippen LogP contribution < -0.4 is 0 Å². The van der Waals surface area contributed by atoms with Crippen molar-refractivity contribution >= 4 is 0 Å². The lowest BCUT2D eigenvalue weighted by Gasteiger charge is -2.33. The summed E-state index contributed by atoms with van der Waals surface area (Å²) < 4.78 is 0. The van der Waals surface area contributed by atoms with Crippen LogP contribution in [0.5, 0.6) is 0 Å². The van der Waals surface area contributed by atoms with Crippen LogP contribution in [0.1, 0.15) is 34.6 Å². The summed E-state index contributed by atoms with van der Waals surface area (Å²) in [5, 5.41) is 0. The largest absolute Gasteiger partial charge is 0.303 e. The fourth-order valence-corrected chi connectivity index (χ4v) is 1.83. The second kappa shape index (κ2) is 2.48. The molecule has 0 aliphatic carbocycles. The lowest BCUT2D eigenvalue weighted by Crippen LogP contribution is -2.30. The second-order valence-corrected chi connectivity index (χ2v) is 5.07. The molecule has 1 fully saturated rings. The van der Waals surface area contributed by atoms with Gasteiger partial charge in [0.05, 0.1) is 0 Å². The van der Waals surface area contributed by atoms with Crippen LogP contribution in [0.3, 0.4) is 0 Å². The molecule has 66 valence electrons. The zero-order valence-electron chi connectivity index (χ0n) is 8.57. The molecule has 1 saturated heterocycles. The van der Waals surface area contributed by atoms with E-state index in [9.17, 15) is 0 Å². The highest BCUT2D eigenvalue weighted by Gasteiger charge is 2.44. The molecule has 1 rings (SSSR count). The van der Waals surface area contributed by atoms with Gasteiger partial charge in [0.25, 0.3) is 0 Å². The summed E-state index contributed by atoms with van der Waals surface area (Å²) in [4.78, 5) is 2.54. The minimum Gasteiger partial charge on any atom is -0.303 e. The van der Waals surface area contributed by atoms with Gasteiger partial charge in [0.1, 0.15) is 0 Å². The molecule has 0 bridgehead atoms. The topological polar surface area (TPSA) is 3.24 Å². The van der Waals surface area contributed by atoms with Crippen LogP contribution in [-0.4, -0.2) is 24.5 Å². The molecule has 0 N–H and O–H groups in total. The first kappa shape index (κ1) is 9.05. The quantitative estimate of drug-likeness (QED) is 0.562. The third kappa shape index (κ3) is 1.44. The zero-order valence-corrected chi connectivity index (χ0v) is 8.57. The Morgan fingerprint density at radius 3 is 1.55 bits per heavy atom. The van der Waals surface area contributed by atoms with E-state index in [1.54, 1.807) is 0 Å². The number of likely N-dealkylation sites (tertiary alicyclic amines) is 1. The minimum absolute atomic E-state index is 0.489. The second-order valence-electron chi connectivity index (χ2n) is 5.07. The predicted molar refractivity (Wildman–Crippen MR) is 49.7 cm³/mol. The van der Waals surface area contributed by atoms with E-state index in [2.05, 4.69) is 39.5 Å². The maximum absolute atomic E-state index is 2.54. The first-order valence-electron chi connectivity index (χ1n) is 4.61. The molecule has 0 radical (unpaired) electrons. The first-order chi connectivity index (χ1) is 4.89. The molecule has 0 atom stereocenters. The van der Waals surface area contributed by atoms with Gasteiger partial charge in [-0.2, -0.15) is 0 Å². The lowest BCUT2D eigenvalue weighted by molar-refractivity contribution is 0.184. The number of hydrogen-bond acceptors (Lipinski definition) is 1. The molecular formula is C10H21N. The molecule has 1 aliphatic rings. The van der Waals surface area contributed by atoms with E-state index in [1.807, 2.05) is 0 Å². The van der Waals surface area contributed by atoms with Crippen LogP contribution in [0.25, 0.3) is 0 Å². The molecule has 0 unspecified atom stereocenters. The maximum Gasteiger partial charge on any atom is 0.00384 e. The highest BCUT2D eigenvalue weighted by atomic mass is 15.2. The van der Waals surface area contributed by atoms with Crippen molar-refractivity contribution in [1.82, 2.24) is 4.90 Å². The van der Waals surface area contributed by atoms with Gasteiger partial charge in [0, 0.05) is 13.1 Å². The Morgan fingerprint density at radius 1 is 1.00 bits per heavy atom. The summed E-state index contributed by atoms with van der Waals surface area (Å²) in [6.45, 7) is 15.5. The van der Waals surface area contributed by atoms with Crippen LogP contribution in [0.15, 0.2) is 0 Å². The van der Waals surface area contributed by atoms with Crippen molar-refractivity contribution in [3.63, 3.8) is 0 Å². The minimum atomic E-state index is 0.489. The average Bonchev–Trinajstić information content (AvgIpc) is 2.03. The van der Waals surface area contributed by atoms with Crippen LogP contribution >= 0.6 is 0 Å². The molecule has 0 saturated carbocycles. The average molecular weight is 155 g/mol. The van der Waals surface area contributed by atoms with E-state index in [1.165, 1.54) is 19.6 Å². The molecule has 11 heavy (non-hydrogen) atoms. The Bertz CT molecular complexity index is 131. The molecule has 0 spiro atoms. The van der Waals surface area contributed by atoms with Gasteiger partial charge in [-0.15, -0.1) is 0 Å². The SMILES string of the molecule is CCN1CC(C)(C)C(C)(C)C1. The third-order valence-electron chi connectivity index (χ3n) is 3.52. The van der Waals surface area contributed by atoms with Crippen LogP contribution in [0.2, 0.25) is 0 Å². The van der Waals surface area contributed by atoms with Crippen molar-refractivity contribution in [2.24, 2.45) is 10.8 Å². The van der Waals surface area contributed by atoms with Crippen LogP contribution in [0, 0.1) is 10.8 Å². The van der Waals surface area contributed by atoms with Gasteiger partial charge >= 0.3 is 0 Å². The van der Waals surface area contributed by atoms with E-state index in [-0.39, 0.29) is 0 Å². The molecule has 1 heteroatoms. The van der Waals surface area contributed by atoms with Gasteiger partial charge in [0.15, 0.2) is 0 Å². The van der Waals surface area contributed by atoms with Crippen molar-refractivity contribution in [3.8, 4) is 0 Å². The van der Waals surface area contributed by atoms with Gasteiger partial charge in [-0.25, -0.2) is 0 Å². The summed E-state index contributed by atoms with van der Waals surface area (Å²) in [7, 11) is 0. The van der Waals surface area contributed by atoms with Crippen molar-refractivity contribution < 1.29 is 0 Å². The molecule has 0 aromatic carbocycles. The van der Waals surface area contributed by atoms with Crippen LogP contribution in [-0.2, 0) is 0 Å². The number of nitrogens with zero attached hydrogens (tertiary/aromatic N) is 1. The van der Waals surface area contributed by atoms with E-state index >= 15 is 0 Å². The fourth-order valence-electron chi connectivity index (χ4n) is 1.83. The summed E-state index contributed by atoms with van der Waals surface area (Å²) in [5.74, 6) is 0. The number of rotatable bonds is 1. The Morgan fingerprint density at radius 2 is 1.36 bits per heavy atom. The molecule has 1 heterocycles.